The Hall–Kier alpha value is -1.28. The first-order valence-electron chi connectivity index (χ1n) is 11.2. The van der Waals surface area contributed by atoms with E-state index in [0.717, 1.165) is 50.6 Å². The minimum absolute atomic E-state index is 0.00253. The van der Waals surface area contributed by atoms with Gasteiger partial charge in [0.2, 0.25) is 5.12 Å². The number of thiol groups is 1. The molecular formula is C23H32N2O4S. The average molecular weight is 433 g/mol. The van der Waals surface area contributed by atoms with Gasteiger partial charge in [-0.15, -0.1) is 12.6 Å². The van der Waals surface area contributed by atoms with Crippen molar-refractivity contribution in [3.05, 3.63) is 23.3 Å². The van der Waals surface area contributed by atoms with Gasteiger partial charge in [0.15, 0.2) is 11.5 Å². The van der Waals surface area contributed by atoms with Crippen molar-refractivity contribution >= 4 is 17.7 Å². The van der Waals surface area contributed by atoms with E-state index in [1.54, 1.807) is 6.07 Å². The van der Waals surface area contributed by atoms with Gasteiger partial charge in [-0.2, -0.15) is 0 Å². The molecule has 1 spiro atoms. The summed E-state index contributed by atoms with van der Waals surface area (Å²) in [5, 5.41) is 14.2. The van der Waals surface area contributed by atoms with Crippen LogP contribution in [0.25, 0.3) is 0 Å². The Bertz CT molecular complexity index is 879. The molecule has 6 nitrogen and oxygen atoms in total. The predicted molar refractivity (Wildman–Crippen MR) is 118 cm³/mol. The second kappa shape index (κ2) is 7.12. The third kappa shape index (κ3) is 2.46. The van der Waals surface area contributed by atoms with Crippen LogP contribution >= 0.6 is 12.6 Å². The molecule has 0 amide bonds. The molecule has 2 bridgehead atoms. The summed E-state index contributed by atoms with van der Waals surface area (Å²) < 4.78 is 13.0. The predicted octanol–water partition coefficient (Wildman–Crippen LogP) is 2.41. The number of phenolic OH excluding ortho intramolecular Hbond substituents is 1. The van der Waals surface area contributed by atoms with Gasteiger partial charge in [-0.05, 0) is 57.3 Å². The van der Waals surface area contributed by atoms with Crippen LogP contribution < -0.4 is 10.1 Å². The molecule has 0 unspecified atom stereocenters. The van der Waals surface area contributed by atoms with Gasteiger partial charge in [0.25, 0.3) is 0 Å². The fourth-order valence-corrected chi connectivity index (χ4v) is 7.34. The molecule has 4 aliphatic rings. The second-order valence-electron chi connectivity index (χ2n) is 9.49. The molecule has 1 saturated carbocycles. The Kier molecular flexibility index (Phi) is 4.89. The van der Waals surface area contributed by atoms with Crippen LogP contribution in [0.15, 0.2) is 12.1 Å². The fraction of sp³-hybridized carbons (Fsp3) is 0.696. The number of piperidine rings is 1. The summed E-state index contributed by atoms with van der Waals surface area (Å²) in [5.74, 6) is 0.828. The normalized spacial score (nSPS) is 37.4. The van der Waals surface area contributed by atoms with E-state index in [1.807, 2.05) is 7.11 Å². The van der Waals surface area contributed by atoms with E-state index >= 15 is 0 Å². The second-order valence-corrected chi connectivity index (χ2v) is 9.93. The summed E-state index contributed by atoms with van der Waals surface area (Å²) in [6.45, 7) is 3.04. The van der Waals surface area contributed by atoms with Crippen molar-refractivity contribution in [3.63, 3.8) is 0 Å². The Morgan fingerprint density at radius 2 is 2.27 bits per heavy atom. The van der Waals surface area contributed by atoms with Gasteiger partial charge < -0.3 is 24.8 Å². The van der Waals surface area contributed by atoms with E-state index in [1.165, 1.54) is 5.56 Å². The van der Waals surface area contributed by atoms with Crippen molar-refractivity contribution in [2.75, 3.05) is 20.7 Å². The first kappa shape index (κ1) is 20.6. The number of methoxy groups -OCH3 is 1. The third-order valence-electron chi connectivity index (χ3n) is 8.34. The highest BCUT2D eigenvalue weighted by atomic mass is 32.1. The standard InChI is InChI=1S/C23H32N2O4S/c1-4-5-15(21(27)30)24-14-8-9-23(28-3)17-12-13-6-7-16(26)19-18(13)22(23,20(14)29-19)10-11-25(17)2/h6-7,14-15,17,20,24,26H,4-5,8-12H2,1-3H3,(H,27,30)/t14-,15+,17-,20+,22+,23-/m1/s1. The maximum atomic E-state index is 12.2. The molecule has 30 heavy (non-hydrogen) atoms. The molecular weight excluding hydrogens is 400 g/mol. The van der Waals surface area contributed by atoms with Crippen LogP contribution in [0.5, 0.6) is 11.5 Å². The number of likely N-dealkylation sites (tertiary alicyclic amines) is 1. The summed E-state index contributed by atoms with van der Waals surface area (Å²) in [5.41, 5.74) is 1.72. The third-order valence-corrected chi connectivity index (χ3v) is 8.66. The number of phenols is 1. The summed E-state index contributed by atoms with van der Waals surface area (Å²) in [7, 11) is 4.03. The maximum absolute atomic E-state index is 12.2. The van der Waals surface area contributed by atoms with Gasteiger partial charge in [-0.1, -0.05) is 19.4 Å². The minimum atomic E-state index is -0.361. The largest absolute Gasteiger partial charge is 0.504 e. The summed E-state index contributed by atoms with van der Waals surface area (Å²) in [6.07, 6.45) is 5.04. The quantitative estimate of drug-likeness (QED) is 0.600. The number of rotatable bonds is 6. The van der Waals surface area contributed by atoms with E-state index in [0.29, 0.717) is 5.75 Å². The molecule has 2 N–H and O–H groups in total. The molecule has 2 fully saturated rings. The zero-order valence-corrected chi connectivity index (χ0v) is 18.9. The monoisotopic (exact) mass is 432 g/mol. The molecule has 2 aliphatic carbocycles. The smallest absolute Gasteiger partial charge is 0.202 e. The molecule has 1 aromatic rings. The first-order valence-corrected chi connectivity index (χ1v) is 11.6. The first-order chi connectivity index (χ1) is 14.4. The maximum Gasteiger partial charge on any atom is 0.202 e. The van der Waals surface area contributed by atoms with Crippen molar-refractivity contribution in [1.29, 1.82) is 0 Å². The van der Waals surface area contributed by atoms with Crippen molar-refractivity contribution in [2.45, 2.75) is 80.7 Å². The highest BCUT2D eigenvalue weighted by Crippen LogP contribution is 2.66. The van der Waals surface area contributed by atoms with E-state index in [9.17, 15) is 9.90 Å². The lowest BCUT2D eigenvalue weighted by Crippen LogP contribution is -2.78. The zero-order valence-electron chi connectivity index (χ0n) is 18.0. The lowest BCUT2D eigenvalue weighted by atomic mass is 9.48. The number of aromatic hydroxyl groups is 1. The lowest BCUT2D eigenvalue weighted by molar-refractivity contribution is -0.203. The van der Waals surface area contributed by atoms with Crippen LogP contribution in [0, 0.1) is 0 Å². The van der Waals surface area contributed by atoms with Crippen molar-refractivity contribution in [3.8, 4) is 11.5 Å². The van der Waals surface area contributed by atoms with Crippen LogP contribution in [0.4, 0.5) is 0 Å². The molecule has 164 valence electrons. The Morgan fingerprint density at radius 3 is 2.97 bits per heavy atom. The number of nitrogens with one attached hydrogen (secondary N) is 1. The lowest BCUT2D eigenvalue weighted by Gasteiger charge is -2.65. The van der Waals surface area contributed by atoms with Gasteiger partial charge in [0, 0.05) is 24.8 Å². The molecule has 1 aromatic carbocycles. The van der Waals surface area contributed by atoms with E-state index < -0.39 is 0 Å². The molecule has 2 aliphatic heterocycles. The van der Waals surface area contributed by atoms with Crippen molar-refractivity contribution in [2.24, 2.45) is 0 Å². The van der Waals surface area contributed by atoms with Crippen LogP contribution in [0.3, 0.4) is 0 Å². The summed E-state index contributed by atoms with van der Waals surface area (Å²) in [6, 6.07) is 3.80. The molecule has 5 rings (SSSR count). The van der Waals surface area contributed by atoms with Crippen LogP contribution in [0.2, 0.25) is 0 Å². The number of nitrogens with zero attached hydrogens (tertiary/aromatic N) is 1. The molecule has 2 heterocycles. The molecule has 7 heteroatoms. The SMILES string of the molecule is CCC[C@H](N[C@@H]1CC[C@@]2(OC)[C@H]3Cc4ccc(O)c5c4[C@@]2(CCN3C)[C@H]1O5)C(=O)S. The molecule has 6 atom stereocenters. The topological polar surface area (TPSA) is 71.0 Å². The van der Waals surface area contributed by atoms with Crippen LogP contribution in [0.1, 0.15) is 50.2 Å². The summed E-state index contributed by atoms with van der Waals surface area (Å²) in [4.78, 5) is 14.6. The summed E-state index contributed by atoms with van der Waals surface area (Å²) >= 11 is 4.14. The van der Waals surface area contributed by atoms with E-state index in [-0.39, 0.29) is 46.1 Å². The van der Waals surface area contributed by atoms with E-state index in [4.69, 9.17) is 9.47 Å². The number of carbonyl (C=O) groups is 1. The van der Waals surface area contributed by atoms with E-state index in [2.05, 4.69) is 42.9 Å². The van der Waals surface area contributed by atoms with Gasteiger partial charge in [-0.25, -0.2) is 0 Å². The number of carbonyl (C=O) groups excluding carboxylic acids is 1. The van der Waals surface area contributed by atoms with Gasteiger partial charge in [-0.3, -0.25) is 4.79 Å². The van der Waals surface area contributed by atoms with Gasteiger partial charge in [0.1, 0.15) is 6.10 Å². The number of ether oxygens (including phenoxy) is 2. The molecule has 1 saturated heterocycles. The molecule has 0 radical (unpaired) electrons. The van der Waals surface area contributed by atoms with Gasteiger partial charge >= 0.3 is 0 Å². The number of hydrogen-bond acceptors (Lipinski definition) is 6. The molecule has 0 aromatic heterocycles. The number of benzene rings is 1. The fourth-order valence-electron chi connectivity index (χ4n) is 7.14. The highest BCUT2D eigenvalue weighted by Gasteiger charge is 2.73. The van der Waals surface area contributed by atoms with Gasteiger partial charge in [0.05, 0.1) is 17.1 Å². The zero-order chi connectivity index (χ0) is 21.3. The van der Waals surface area contributed by atoms with Crippen molar-refractivity contribution in [1.82, 2.24) is 10.2 Å². The Morgan fingerprint density at radius 1 is 1.47 bits per heavy atom. The van der Waals surface area contributed by atoms with Crippen LogP contribution in [-0.4, -0.2) is 65.7 Å². The number of likely N-dealkylation sites (N-methyl/N-ethyl adjacent to an activating group) is 1. The minimum Gasteiger partial charge on any atom is -0.504 e. The van der Waals surface area contributed by atoms with Crippen LogP contribution in [-0.2, 0) is 21.4 Å². The average Bonchev–Trinajstić information content (AvgIpc) is 3.08. The Balaban J connectivity index is 1.65. The Labute approximate surface area is 183 Å². The van der Waals surface area contributed by atoms with Crippen molar-refractivity contribution < 1.29 is 19.4 Å². The highest BCUT2D eigenvalue weighted by molar-refractivity contribution is 7.96. The number of hydrogen-bond donors (Lipinski definition) is 3.